The van der Waals surface area contributed by atoms with E-state index >= 15 is 0 Å². The molecule has 1 saturated carbocycles. The van der Waals surface area contributed by atoms with Crippen molar-refractivity contribution in [3.05, 3.63) is 52.2 Å². The number of nitriles is 1. The molecule has 0 atom stereocenters. The molecule has 2 aromatic rings. The molecule has 4 rings (SSSR count). The largest absolute Gasteiger partial charge is 0.357 e. The smallest absolute Gasteiger partial charge is 0.228 e. The van der Waals surface area contributed by atoms with Crippen LogP contribution in [0, 0.1) is 11.3 Å². The van der Waals surface area contributed by atoms with Crippen LogP contribution in [0.15, 0.2) is 40.8 Å². The SMILES string of the molecule is CNc1nc(NC2CC2)nc(/C(C#N)=C2/NC(c3ccccc3)=CS2)n1. The first-order valence-electron chi connectivity index (χ1n) is 8.31. The molecule has 0 amide bonds. The first-order chi connectivity index (χ1) is 12.8. The second-order valence-corrected chi connectivity index (χ2v) is 6.81. The minimum atomic E-state index is 0.354. The molecule has 2 heterocycles. The predicted octanol–water partition coefficient (Wildman–Crippen LogP) is 3.01. The van der Waals surface area contributed by atoms with E-state index < -0.39 is 0 Å². The summed E-state index contributed by atoms with van der Waals surface area (Å²) in [6.45, 7) is 0. The number of aromatic nitrogens is 3. The fourth-order valence-electron chi connectivity index (χ4n) is 2.46. The number of benzene rings is 1. The van der Waals surface area contributed by atoms with Crippen molar-refractivity contribution in [2.75, 3.05) is 17.7 Å². The molecule has 3 N–H and O–H groups in total. The van der Waals surface area contributed by atoms with Gasteiger partial charge in [0.2, 0.25) is 11.9 Å². The number of anilines is 2. The average molecular weight is 363 g/mol. The fourth-order valence-corrected chi connectivity index (χ4v) is 3.31. The van der Waals surface area contributed by atoms with E-state index in [9.17, 15) is 5.26 Å². The van der Waals surface area contributed by atoms with Gasteiger partial charge in [0.1, 0.15) is 11.6 Å². The maximum absolute atomic E-state index is 9.72. The Bertz CT molecular complexity index is 926. The summed E-state index contributed by atoms with van der Waals surface area (Å²) in [5.74, 6) is 1.29. The number of nitrogens with one attached hydrogen (secondary N) is 3. The van der Waals surface area contributed by atoms with Crippen molar-refractivity contribution in [3.8, 4) is 6.07 Å². The quantitative estimate of drug-likeness (QED) is 0.697. The number of rotatable bonds is 5. The molecule has 0 unspecified atom stereocenters. The lowest BCUT2D eigenvalue weighted by atomic mass is 10.2. The van der Waals surface area contributed by atoms with Crippen LogP contribution in [0.2, 0.25) is 0 Å². The van der Waals surface area contributed by atoms with E-state index in [-0.39, 0.29) is 0 Å². The molecule has 7 nitrogen and oxygen atoms in total. The maximum atomic E-state index is 9.72. The highest BCUT2D eigenvalue weighted by Crippen LogP contribution is 2.34. The molecule has 0 radical (unpaired) electrons. The van der Waals surface area contributed by atoms with E-state index in [1.165, 1.54) is 11.8 Å². The molecule has 1 aliphatic heterocycles. The molecule has 26 heavy (non-hydrogen) atoms. The predicted molar refractivity (Wildman–Crippen MR) is 104 cm³/mol. The van der Waals surface area contributed by atoms with Crippen LogP contribution in [-0.4, -0.2) is 28.0 Å². The van der Waals surface area contributed by atoms with Gasteiger partial charge in [0.15, 0.2) is 5.82 Å². The fraction of sp³-hybridized carbons (Fsp3) is 0.222. The molecule has 0 saturated heterocycles. The molecule has 1 fully saturated rings. The minimum absolute atomic E-state index is 0.354. The second kappa shape index (κ2) is 7.06. The van der Waals surface area contributed by atoms with Gasteiger partial charge in [-0.25, -0.2) is 0 Å². The third-order valence-electron chi connectivity index (χ3n) is 3.96. The van der Waals surface area contributed by atoms with E-state index in [1.807, 2.05) is 35.7 Å². The maximum Gasteiger partial charge on any atom is 0.228 e. The molecule has 130 valence electrons. The van der Waals surface area contributed by atoms with Gasteiger partial charge >= 0.3 is 0 Å². The normalized spacial score (nSPS) is 17.8. The molecule has 8 heteroatoms. The number of nitrogens with zero attached hydrogens (tertiary/aromatic N) is 4. The van der Waals surface area contributed by atoms with Gasteiger partial charge in [-0.15, -0.1) is 0 Å². The van der Waals surface area contributed by atoms with Crippen molar-refractivity contribution < 1.29 is 0 Å². The zero-order valence-electron chi connectivity index (χ0n) is 14.2. The minimum Gasteiger partial charge on any atom is -0.357 e. The highest BCUT2D eigenvalue weighted by atomic mass is 32.2. The first kappa shape index (κ1) is 16.4. The summed E-state index contributed by atoms with van der Waals surface area (Å²) in [6, 6.07) is 12.6. The summed E-state index contributed by atoms with van der Waals surface area (Å²) in [6.07, 6.45) is 2.23. The van der Waals surface area contributed by atoms with E-state index in [4.69, 9.17) is 0 Å². The Labute approximate surface area is 155 Å². The van der Waals surface area contributed by atoms with Gasteiger partial charge in [-0.05, 0) is 18.4 Å². The van der Waals surface area contributed by atoms with Gasteiger partial charge in [0, 0.05) is 18.5 Å². The van der Waals surface area contributed by atoms with Crippen LogP contribution >= 0.6 is 11.8 Å². The van der Waals surface area contributed by atoms with Crippen molar-refractivity contribution in [3.63, 3.8) is 0 Å². The lowest BCUT2D eigenvalue weighted by Gasteiger charge is -2.10. The second-order valence-electron chi connectivity index (χ2n) is 5.93. The molecule has 1 aliphatic carbocycles. The average Bonchev–Trinajstić information content (AvgIpc) is 3.36. The lowest BCUT2D eigenvalue weighted by Crippen LogP contribution is -2.12. The third-order valence-corrected chi connectivity index (χ3v) is 4.86. The van der Waals surface area contributed by atoms with Crippen LogP contribution in [-0.2, 0) is 0 Å². The number of hydrogen-bond acceptors (Lipinski definition) is 8. The summed E-state index contributed by atoms with van der Waals surface area (Å²) in [5.41, 5.74) is 2.42. The zero-order chi connectivity index (χ0) is 17.9. The Morgan fingerprint density at radius 2 is 1.96 bits per heavy atom. The molecule has 1 aromatic heterocycles. The molecule has 0 spiro atoms. The molecular weight excluding hydrogens is 346 g/mol. The topological polar surface area (TPSA) is 98.5 Å². The van der Waals surface area contributed by atoms with Crippen LogP contribution < -0.4 is 16.0 Å². The van der Waals surface area contributed by atoms with Crippen molar-refractivity contribution in [2.45, 2.75) is 18.9 Å². The third kappa shape index (κ3) is 3.48. The van der Waals surface area contributed by atoms with E-state index in [0.29, 0.717) is 29.3 Å². The lowest BCUT2D eigenvalue weighted by molar-refractivity contribution is 0.982. The summed E-state index contributed by atoms with van der Waals surface area (Å²) in [7, 11) is 1.75. The highest BCUT2D eigenvalue weighted by molar-refractivity contribution is 8.06. The Balaban J connectivity index is 1.65. The van der Waals surface area contributed by atoms with Crippen LogP contribution in [0.4, 0.5) is 11.9 Å². The van der Waals surface area contributed by atoms with Crippen LogP contribution in [0.1, 0.15) is 24.2 Å². The Hall–Kier alpha value is -3.05. The van der Waals surface area contributed by atoms with Crippen molar-refractivity contribution in [2.24, 2.45) is 0 Å². The molecular formula is C18H17N7S. The Morgan fingerprint density at radius 3 is 2.65 bits per heavy atom. The summed E-state index contributed by atoms with van der Waals surface area (Å²) < 4.78 is 0. The Kier molecular flexibility index (Phi) is 4.46. The van der Waals surface area contributed by atoms with E-state index in [0.717, 1.165) is 29.1 Å². The summed E-state index contributed by atoms with van der Waals surface area (Å²) in [5, 5.41) is 21.9. The molecule has 1 aromatic carbocycles. The zero-order valence-corrected chi connectivity index (χ0v) is 15.0. The van der Waals surface area contributed by atoms with Gasteiger partial charge in [-0.3, -0.25) is 0 Å². The monoisotopic (exact) mass is 363 g/mol. The van der Waals surface area contributed by atoms with Crippen LogP contribution in [0.3, 0.4) is 0 Å². The molecule has 2 aliphatic rings. The van der Waals surface area contributed by atoms with Gasteiger partial charge < -0.3 is 16.0 Å². The summed E-state index contributed by atoms with van der Waals surface area (Å²) in [4.78, 5) is 13.1. The van der Waals surface area contributed by atoms with Crippen LogP contribution in [0.25, 0.3) is 11.3 Å². The molecule has 0 bridgehead atoms. The number of allylic oxidation sites excluding steroid dienone is 1. The van der Waals surface area contributed by atoms with Crippen molar-refractivity contribution in [1.29, 1.82) is 5.26 Å². The van der Waals surface area contributed by atoms with E-state index in [2.05, 4.69) is 37.0 Å². The highest BCUT2D eigenvalue weighted by Gasteiger charge is 2.24. The number of thioether (sulfide) groups is 1. The Morgan fingerprint density at radius 1 is 1.19 bits per heavy atom. The van der Waals surface area contributed by atoms with Crippen molar-refractivity contribution >= 4 is 34.9 Å². The van der Waals surface area contributed by atoms with Crippen molar-refractivity contribution in [1.82, 2.24) is 20.3 Å². The summed E-state index contributed by atoms with van der Waals surface area (Å²) >= 11 is 1.46. The van der Waals surface area contributed by atoms with Gasteiger partial charge in [-0.1, -0.05) is 42.1 Å². The first-order valence-corrected chi connectivity index (χ1v) is 9.19. The van der Waals surface area contributed by atoms with Crippen LogP contribution in [0.5, 0.6) is 0 Å². The van der Waals surface area contributed by atoms with E-state index in [1.54, 1.807) is 7.05 Å². The van der Waals surface area contributed by atoms with Gasteiger partial charge in [0.25, 0.3) is 0 Å². The van der Waals surface area contributed by atoms with Gasteiger partial charge in [-0.2, -0.15) is 20.2 Å². The van der Waals surface area contributed by atoms with Gasteiger partial charge in [0.05, 0.1) is 10.7 Å². The number of hydrogen-bond donors (Lipinski definition) is 3. The standard InChI is InChI=1S/C18H17N7S/c1-20-17-23-15(24-18(25-17)21-12-7-8-12)13(9-19)16-22-14(10-26-16)11-5-3-2-4-6-11/h2-6,10,12,22H,7-8H2,1H3,(H2,20,21,23,24,25)/b16-13-.